The minimum atomic E-state index is -0.380. The van der Waals surface area contributed by atoms with Gasteiger partial charge in [-0.05, 0) is 31.9 Å². The van der Waals surface area contributed by atoms with E-state index >= 15 is 0 Å². The molecule has 1 aromatic heterocycles. The number of hydrogen-bond donors (Lipinski definition) is 1. The Kier molecular flexibility index (Phi) is 4.59. The molecule has 0 spiro atoms. The van der Waals surface area contributed by atoms with Gasteiger partial charge in [-0.1, -0.05) is 0 Å². The second-order valence-electron chi connectivity index (χ2n) is 5.94. The third-order valence-corrected chi connectivity index (χ3v) is 4.53. The molecule has 1 aromatic carbocycles. The van der Waals surface area contributed by atoms with E-state index in [1.807, 2.05) is 13.0 Å². The van der Waals surface area contributed by atoms with Crippen molar-refractivity contribution in [2.75, 3.05) is 24.5 Å². The third-order valence-electron chi connectivity index (χ3n) is 4.53. The Balaban J connectivity index is 1.85. The number of nitrogens with one attached hydrogen (secondary N) is 1. The number of fused-ring (bicyclic) bond motifs is 1. The van der Waals surface area contributed by atoms with E-state index in [9.17, 15) is 14.9 Å². The van der Waals surface area contributed by atoms with Crippen LogP contribution in [0.2, 0.25) is 0 Å². The van der Waals surface area contributed by atoms with Crippen molar-refractivity contribution in [3.8, 4) is 0 Å². The molecule has 0 radical (unpaired) electrons. The highest BCUT2D eigenvalue weighted by Crippen LogP contribution is 2.34. The molecule has 24 heavy (non-hydrogen) atoms. The molecule has 3 rings (SSSR count). The van der Waals surface area contributed by atoms with Crippen LogP contribution in [0.25, 0.3) is 10.8 Å². The van der Waals surface area contributed by atoms with E-state index < -0.39 is 0 Å². The molecule has 126 valence electrons. The van der Waals surface area contributed by atoms with Crippen molar-refractivity contribution in [2.24, 2.45) is 5.92 Å². The molecule has 2 aromatic rings. The highest BCUT2D eigenvalue weighted by Gasteiger charge is 2.26. The molecule has 1 N–H and O–H groups in total. The number of carbonyl (C=O) groups excluding carboxylic acids is 1. The van der Waals surface area contributed by atoms with Crippen LogP contribution in [-0.4, -0.2) is 35.4 Å². The minimum absolute atomic E-state index is 0.0483. The van der Waals surface area contributed by atoms with Gasteiger partial charge in [0.05, 0.1) is 10.3 Å². The van der Waals surface area contributed by atoms with Gasteiger partial charge in [0.2, 0.25) is 5.91 Å². The second-order valence-corrected chi connectivity index (χ2v) is 5.94. The number of nitro groups is 1. The fourth-order valence-corrected chi connectivity index (χ4v) is 3.30. The zero-order valence-corrected chi connectivity index (χ0v) is 13.6. The average Bonchev–Trinajstić information content (AvgIpc) is 2.61. The average molecular weight is 328 g/mol. The first-order valence-electron chi connectivity index (χ1n) is 8.15. The first-order chi connectivity index (χ1) is 11.6. The van der Waals surface area contributed by atoms with Gasteiger partial charge in [-0.15, -0.1) is 0 Å². The van der Waals surface area contributed by atoms with Crippen LogP contribution in [0.5, 0.6) is 0 Å². The Labute approximate surface area is 139 Å². The number of pyridine rings is 1. The topological polar surface area (TPSA) is 88.4 Å². The fourth-order valence-electron chi connectivity index (χ4n) is 3.30. The summed E-state index contributed by atoms with van der Waals surface area (Å²) in [5.41, 5.74) is 1.03. The third kappa shape index (κ3) is 3.02. The van der Waals surface area contributed by atoms with E-state index in [1.165, 1.54) is 6.07 Å². The molecule has 1 aliphatic heterocycles. The molecule has 1 saturated heterocycles. The van der Waals surface area contributed by atoms with Crippen molar-refractivity contribution < 1.29 is 9.72 Å². The van der Waals surface area contributed by atoms with Gasteiger partial charge in [-0.25, -0.2) is 0 Å². The van der Waals surface area contributed by atoms with E-state index in [2.05, 4.69) is 15.2 Å². The van der Waals surface area contributed by atoms with Gasteiger partial charge in [-0.2, -0.15) is 0 Å². The Bertz CT molecular complexity index is 770. The van der Waals surface area contributed by atoms with Crippen LogP contribution in [0.4, 0.5) is 11.4 Å². The van der Waals surface area contributed by atoms with Gasteiger partial charge >= 0.3 is 0 Å². The molecule has 2 heterocycles. The molecule has 7 heteroatoms. The summed E-state index contributed by atoms with van der Waals surface area (Å²) in [4.78, 5) is 29.0. The molecule has 1 fully saturated rings. The number of benzene rings is 1. The predicted octanol–water partition coefficient (Wildman–Crippen LogP) is 2.50. The van der Waals surface area contributed by atoms with Crippen molar-refractivity contribution in [2.45, 2.75) is 19.8 Å². The summed E-state index contributed by atoms with van der Waals surface area (Å²) in [6, 6.07) is 5.15. The van der Waals surface area contributed by atoms with Gasteiger partial charge in [0.25, 0.3) is 5.69 Å². The van der Waals surface area contributed by atoms with Crippen LogP contribution >= 0.6 is 0 Å². The van der Waals surface area contributed by atoms with Crippen LogP contribution in [0.1, 0.15) is 19.8 Å². The smallest absolute Gasteiger partial charge is 0.278 e. The van der Waals surface area contributed by atoms with Crippen LogP contribution in [0.3, 0.4) is 0 Å². The number of piperidine rings is 1. The lowest BCUT2D eigenvalue weighted by atomic mass is 9.95. The summed E-state index contributed by atoms with van der Waals surface area (Å²) in [5.74, 6) is 0.169. The molecular formula is C17H20N4O3. The van der Waals surface area contributed by atoms with Crippen LogP contribution in [0, 0.1) is 16.0 Å². The molecule has 7 nitrogen and oxygen atoms in total. The Morgan fingerprint density at radius 2 is 2.08 bits per heavy atom. The molecule has 0 aliphatic carbocycles. The summed E-state index contributed by atoms with van der Waals surface area (Å²) in [6.07, 6.45) is 4.76. The summed E-state index contributed by atoms with van der Waals surface area (Å²) in [5, 5.41) is 15.5. The van der Waals surface area contributed by atoms with Crippen LogP contribution < -0.4 is 10.2 Å². The SMILES string of the molecule is CCNC(=O)C1CCN(c2ccc([N+](=O)[O-])c3cnccc23)CC1. The minimum Gasteiger partial charge on any atom is -0.371 e. The monoisotopic (exact) mass is 328 g/mol. The maximum absolute atomic E-state index is 12.0. The molecule has 1 aliphatic rings. The van der Waals surface area contributed by atoms with Crippen LogP contribution in [-0.2, 0) is 4.79 Å². The van der Waals surface area contributed by atoms with E-state index in [0.29, 0.717) is 11.9 Å². The molecule has 1 amide bonds. The van der Waals surface area contributed by atoms with E-state index in [4.69, 9.17) is 0 Å². The highest BCUT2D eigenvalue weighted by atomic mass is 16.6. The van der Waals surface area contributed by atoms with Crippen molar-refractivity contribution in [1.82, 2.24) is 10.3 Å². The molecule has 0 atom stereocenters. The predicted molar refractivity (Wildman–Crippen MR) is 92.0 cm³/mol. The molecular weight excluding hydrogens is 308 g/mol. The summed E-state index contributed by atoms with van der Waals surface area (Å²) < 4.78 is 0. The van der Waals surface area contributed by atoms with Gasteiger partial charge in [0, 0.05) is 55.1 Å². The molecule has 0 unspecified atom stereocenters. The largest absolute Gasteiger partial charge is 0.371 e. The van der Waals surface area contributed by atoms with Gasteiger partial charge in [-0.3, -0.25) is 19.9 Å². The quantitative estimate of drug-likeness (QED) is 0.688. The number of amides is 1. The number of rotatable bonds is 4. The lowest BCUT2D eigenvalue weighted by Crippen LogP contribution is -2.40. The number of hydrogen-bond acceptors (Lipinski definition) is 5. The maximum atomic E-state index is 12.0. The fraction of sp³-hybridized carbons (Fsp3) is 0.412. The Morgan fingerprint density at radius 1 is 1.33 bits per heavy atom. The zero-order valence-electron chi connectivity index (χ0n) is 13.6. The lowest BCUT2D eigenvalue weighted by molar-refractivity contribution is -0.383. The van der Waals surface area contributed by atoms with Crippen molar-refractivity contribution in [1.29, 1.82) is 0 Å². The number of carbonyl (C=O) groups is 1. The van der Waals surface area contributed by atoms with Crippen LogP contribution in [0.15, 0.2) is 30.6 Å². The number of anilines is 1. The number of aromatic nitrogens is 1. The summed E-state index contributed by atoms with van der Waals surface area (Å²) in [7, 11) is 0. The van der Waals surface area contributed by atoms with Gasteiger partial charge in [0.15, 0.2) is 0 Å². The van der Waals surface area contributed by atoms with Crippen molar-refractivity contribution in [3.63, 3.8) is 0 Å². The summed E-state index contributed by atoms with van der Waals surface area (Å²) in [6.45, 7) is 4.09. The molecule has 0 saturated carbocycles. The first kappa shape index (κ1) is 16.2. The van der Waals surface area contributed by atoms with Gasteiger partial charge < -0.3 is 10.2 Å². The Morgan fingerprint density at radius 3 is 2.75 bits per heavy atom. The normalized spacial score (nSPS) is 15.5. The van der Waals surface area contributed by atoms with Crippen molar-refractivity contribution >= 4 is 28.1 Å². The lowest BCUT2D eigenvalue weighted by Gasteiger charge is -2.33. The van der Waals surface area contributed by atoms with E-state index in [0.717, 1.165) is 37.0 Å². The van der Waals surface area contributed by atoms with Gasteiger partial charge in [0.1, 0.15) is 0 Å². The highest BCUT2D eigenvalue weighted by molar-refractivity contribution is 5.99. The van der Waals surface area contributed by atoms with E-state index in [1.54, 1.807) is 18.5 Å². The number of nitrogens with zero attached hydrogens (tertiary/aromatic N) is 3. The maximum Gasteiger partial charge on any atom is 0.278 e. The summed E-state index contributed by atoms with van der Waals surface area (Å²) >= 11 is 0. The number of nitro benzene ring substituents is 1. The van der Waals surface area contributed by atoms with Crippen molar-refractivity contribution in [3.05, 3.63) is 40.7 Å². The Hall–Kier alpha value is -2.70. The number of non-ortho nitro benzene ring substituents is 1. The first-order valence-corrected chi connectivity index (χ1v) is 8.15. The second kappa shape index (κ2) is 6.82. The standard InChI is InChI=1S/C17H20N4O3/c1-2-19-17(22)12-6-9-20(10-7-12)15-3-4-16(21(23)24)14-11-18-8-5-13(14)15/h3-5,8,11-12H,2,6-7,9-10H2,1H3,(H,19,22). The van der Waals surface area contributed by atoms with E-state index in [-0.39, 0.29) is 22.4 Å². The molecule has 0 bridgehead atoms. The zero-order chi connectivity index (χ0) is 17.1.